The van der Waals surface area contributed by atoms with Gasteiger partial charge in [-0.25, -0.2) is 0 Å². The summed E-state index contributed by atoms with van der Waals surface area (Å²) in [5.41, 5.74) is 0. The molecule has 0 amide bonds. The van der Waals surface area contributed by atoms with Crippen molar-refractivity contribution in [3.8, 4) is 0 Å². The van der Waals surface area contributed by atoms with Gasteiger partial charge in [0.15, 0.2) is 6.10 Å². The van der Waals surface area contributed by atoms with E-state index in [-0.39, 0.29) is 31.1 Å². The number of unbranched alkanes of at least 4 members (excludes halogenated alkanes) is 37. The molecule has 0 spiro atoms. The van der Waals surface area contributed by atoms with Gasteiger partial charge in [0.05, 0.1) is 0 Å². The van der Waals surface area contributed by atoms with Gasteiger partial charge in [-0.2, -0.15) is 0 Å². The normalized spacial score (nSPS) is 12.0. The molecule has 0 fully saturated rings. The third-order valence-electron chi connectivity index (χ3n) is 12.5. The number of hydrogen-bond acceptors (Lipinski definition) is 6. The zero-order valence-corrected chi connectivity index (χ0v) is 41.6. The molecule has 0 radical (unpaired) electrons. The lowest BCUT2D eigenvalue weighted by molar-refractivity contribution is -0.167. The second-order valence-corrected chi connectivity index (χ2v) is 19.3. The molecular formula is C55H106O6. The largest absolute Gasteiger partial charge is 0.462 e. The lowest BCUT2D eigenvalue weighted by Crippen LogP contribution is -2.30. The highest BCUT2D eigenvalue weighted by molar-refractivity contribution is 5.71. The van der Waals surface area contributed by atoms with E-state index in [0.29, 0.717) is 19.3 Å². The van der Waals surface area contributed by atoms with E-state index in [2.05, 4.69) is 27.7 Å². The molecule has 0 N–H and O–H groups in total. The third kappa shape index (κ3) is 49.3. The van der Waals surface area contributed by atoms with Gasteiger partial charge in [0.25, 0.3) is 0 Å². The molecule has 0 aliphatic heterocycles. The van der Waals surface area contributed by atoms with Crippen LogP contribution in [-0.4, -0.2) is 37.2 Å². The minimum absolute atomic E-state index is 0.0633. The van der Waals surface area contributed by atoms with Crippen LogP contribution in [0.15, 0.2) is 0 Å². The van der Waals surface area contributed by atoms with Crippen molar-refractivity contribution in [3.63, 3.8) is 0 Å². The standard InChI is InChI=1S/C55H106O6/c1-5-7-9-11-13-15-17-19-21-23-25-27-29-31-33-38-42-46-53(56)59-49-52(50-60-54(57)47-43-39-36-35-37-41-45-51(3)4)61-55(58)48-44-40-34-32-30-28-26-24-22-20-18-16-14-12-10-8-6-2/h51-52H,5-50H2,1-4H3/t52-/m0/s1. The summed E-state index contributed by atoms with van der Waals surface area (Å²) < 4.78 is 16.8. The van der Waals surface area contributed by atoms with Crippen molar-refractivity contribution in [2.75, 3.05) is 13.2 Å². The van der Waals surface area contributed by atoms with E-state index in [0.717, 1.165) is 63.7 Å². The highest BCUT2D eigenvalue weighted by atomic mass is 16.6. The van der Waals surface area contributed by atoms with E-state index in [4.69, 9.17) is 14.2 Å². The van der Waals surface area contributed by atoms with Crippen LogP contribution in [0.4, 0.5) is 0 Å². The van der Waals surface area contributed by atoms with E-state index in [1.54, 1.807) is 0 Å². The van der Waals surface area contributed by atoms with Crippen molar-refractivity contribution >= 4 is 17.9 Å². The van der Waals surface area contributed by atoms with Crippen molar-refractivity contribution < 1.29 is 28.6 Å². The molecule has 0 unspecified atom stereocenters. The molecule has 61 heavy (non-hydrogen) atoms. The number of ether oxygens (including phenoxy) is 3. The van der Waals surface area contributed by atoms with Gasteiger partial charge in [-0.3, -0.25) is 14.4 Å². The van der Waals surface area contributed by atoms with Crippen LogP contribution in [-0.2, 0) is 28.6 Å². The fourth-order valence-electron chi connectivity index (χ4n) is 8.39. The second-order valence-electron chi connectivity index (χ2n) is 19.3. The van der Waals surface area contributed by atoms with Crippen LogP contribution >= 0.6 is 0 Å². The molecule has 0 aromatic rings. The topological polar surface area (TPSA) is 78.9 Å². The SMILES string of the molecule is CCCCCCCCCCCCCCCCCCCC(=O)OC[C@@H](COC(=O)CCCCCCCCC(C)C)OC(=O)CCCCCCCCCCCCCCCCCCC. The predicted octanol–water partition coefficient (Wildman–Crippen LogP) is 17.8. The Morgan fingerprint density at radius 3 is 0.803 bits per heavy atom. The van der Waals surface area contributed by atoms with Gasteiger partial charge < -0.3 is 14.2 Å². The molecule has 0 rings (SSSR count). The molecule has 0 heterocycles. The first kappa shape index (κ1) is 59.4. The van der Waals surface area contributed by atoms with Gasteiger partial charge in [-0.1, -0.05) is 272 Å². The summed E-state index contributed by atoms with van der Waals surface area (Å²) in [5, 5.41) is 0. The average molecular weight is 863 g/mol. The monoisotopic (exact) mass is 863 g/mol. The van der Waals surface area contributed by atoms with Gasteiger partial charge in [0.2, 0.25) is 0 Å². The maximum absolute atomic E-state index is 12.8. The molecule has 0 bridgehead atoms. The second kappa shape index (κ2) is 49.4. The van der Waals surface area contributed by atoms with Crippen molar-refractivity contribution in [3.05, 3.63) is 0 Å². The van der Waals surface area contributed by atoms with E-state index in [1.165, 1.54) is 205 Å². The van der Waals surface area contributed by atoms with Crippen molar-refractivity contribution in [2.24, 2.45) is 5.92 Å². The van der Waals surface area contributed by atoms with Gasteiger partial charge in [0, 0.05) is 19.3 Å². The zero-order valence-electron chi connectivity index (χ0n) is 41.6. The summed E-state index contributed by atoms with van der Waals surface area (Å²) in [7, 11) is 0. The van der Waals surface area contributed by atoms with Crippen molar-refractivity contribution in [1.29, 1.82) is 0 Å². The lowest BCUT2D eigenvalue weighted by atomic mass is 10.0. The molecular weight excluding hydrogens is 757 g/mol. The fraction of sp³-hybridized carbons (Fsp3) is 0.945. The van der Waals surface area contributed by atoms with Crippen LogP contribution in [0.1, 0.15) is 310 Å². The Morgan fingerprint density at radius 2 is 0.541 bits per heavy atom. The summed E-state index contributed by atoms with van der Waals surface area (Å²) in [5.74, 6) is -0.0824. The predicted molar refractivity (Wildman–Crippen MR) is 261 cm³/mol. The Kier molecular flexibility index (Phi) is 48.1. The van der Waals surface area contributed by atoms with Gasteiger partial charge in [-0.05, 0) is 25.2 Å². The lowest BCUT2D eigenvalue weighted by Gasteiger charge is -2.18. The Labute approximate surface area is 380 Å². The molecule has 0 aliphatic rings. The molecule has 0 aliphatic carbocycles. The molecule has 6 heteroatoms. The minimum Gasteiger partial charge on any atom is -0.462 e. The van der Waals surface area contributed by atoms with E-state index >= 15 is 0 Å². The number of esters is 3. The quantitative estimate of drug-likeness (QED) is 0.0344. The molecule has 0 saturated carbocycles. The first-order chi connectivity index (χ1) is 29.9. The van der Waals surface area contributed by atoms with Crippen LogP contribution in [0.3, 0.4) is 0 Å². The summed E-state index contributed by atoms with van der Waals surface area (Å²) in [6.45, 7) is 8.97. The summed E-state index contributed by atoms with van der Waals surface area (Å²) in [4.78, 5) is 38.0. The van der Waals surface area contributed by atoms with Crippen LogP contribution in [0.5, 0.6) is 0 Å². The first-order valence-corrected chi connectivity index (χ1v) is 27.4. The molecule has 0 aromatic carbocycles. The molecule has 1 atom stereocenters. The van der Waals surface area contributed by atoms with Crippen molar-refractivity contribution in [2.45, 2.75) is 316 Å². The molecule has 0 aromatic heterocycles. The van der Waals surface area contributed by atoms with Gasteiger partial charge >= 0.3 is 17.9 Å². The summed E-state index contributed by atoms with van der Waals surface area (Å²) in [6, 6.07) is 0. The summed E-state index contributed by atoms with van der Waals surface area (Å²) >= 11 is 0. The van der Waals surface area contributed by atoms with Gasteiger partial charge in [0.1, 0.15) is 13.2 Å². The Hall–Kier alpha value is -1.59. The Bertz CT molecular complexity index is 918. The van der Waals surface area contributed by atoms with Crippen molar-refractivity contribution in [1.82, 2.24) is 0 Å². The maximum Gasteiger partial charge on any atom is 0.306 e. The fourth-order valence-corrected chi connectivity index (χ4v) is 8.39. The minimum atomic E-state index is -0.761. The van der Waals surface area contributed by atoms with E-state index < -0.39 is 6.10 Å². The number of rotatable bonds is 50. The van der Waals surface area contributed by atoms with Crippen LogP contribution in [0, 0.1) is 5.92 Å². The Morgan fingerprint density at radius 1 is 0.311 bits per heavy atom. The maximum atomic E-state index is 12.8. The number of carbonyl (C=O) groups is 3. The summed E-state index contributed by atoms with van der Waals surface area (Å²) in [6.07, 6.45) is 52.5. The van der Waals surface area contributed by atoms with E-state index in [1.807, 2.05) is 0 Å². The average Bonchev–Trinajstić information content (AvgIpc) is 3.24. The molecule has 6 nitrogen and oxygen atoms in total. The van der Waals surface area contributed by atoms with Crippen LogP contribution < -0.4 is 0 Å². The Balaban J connectivity index is 4.23. The highest BCUT2D eigenvalue weighted by Gasteiger charge is 2.19. The number of carbonyl (C=O) groups excluding carboxylic acids is 3. The van der Waals surface area contributed by atoms with Gasteiger partial charge in [-0.15, -0.1) is 0 Å². The molecule has 362 valence electrons. The van der Waals surface area contributed by atoms with E-state index in [9.17, 15) is 14.4 Å². The van der Waals surface area contributed by atoms with Crippen LogP contribution in [0.25, 0.3) is 0 Å². The highest BCUT2D eigenvalue weighted by Crippen LogP contribution is 2.17. The number of hydrogen-bond donors (Lipinski definition) is 0. The smallest absolute Gasteiger partial charge is 0.306 e. The molecule has 0 saturated heterocycles. The third-order valence-corrected chi connectivity index (χ3v) is 12.5. The van der Waals surface area contributed by atoms with Crippen LogP contribution in [0.2, 0.25) is 0 Å². The zero-order chi connectivity index (χ0) is 44.5. The first-order valence-electron chi connectivity index (χ1n) is 27.4.